The van der Waals surface area contributed by atoms with E-state index >= 15 is 0 Å². The minimum Gasteiger partial charge on any atom is -0.480 e. The zero-order valence-electron chi connectivity index (χ0n) is 10.6. The molecule has 17 heavy (non-hydrogen) atoms. The number of alkyl carbamates (subject to hydrolysis) is 1. The third-order valence-electron chi connectivity index (χ3n) is 1.98. The van der Waals surface area contributed by atoms with Crippen molar-refractivity contribution in [2.45, 2.75) is 32.7 Å². The van der Waals surface area contributed by atoms with E-state index in [9.17, 15) is 9.59 Å². The second-order valence-corrected chi connectivity index (χ2v) is 4.16. The van der Waals surface area contributed by atoms with E-state index in [-0.39, 0.29) is 12.5 Å². The van der Waals surface area contributed by atoms with Crippen molar-refractivity contribution in [1.29, 1.82) is 0 Å². The number of carboxylic acid groups (broad SMARTS) is 1. The van der Waals surface area contributed by atoms with Crippen molar-refractivity contribution in [3.8, 4) is 0 Å². The molecule has 0 aromatic heterocycles. The Morgan fingerprint density at radius 3 is 2.47 bits per heavy atom. The van der Waals surface area contributed by atoms with E-state index in [2.05, 4.69) is 5.32 Å². The van der Waals surface area contributed by atoms with Gasteiger partial charge in [-0.25, -0.2) is 9.59 Å². The Bertz CT molecular complexity index is 242. The molecule has 0 aliphatic rings. The minimum atomic E-state index is -1.07. The number of methoxy groups -OCH3 is 1. The summed E-state index contributed by atoms with van der Waals surface area (Å²) in [7, 11) is 1.54. The molecule has 0 aliphatic heterocycles. The summed E-state index contributed by atoms with van der Waals surface area (Å²) in [6.07, 6.45) is 0.196. The number of hydrogen-bond donors (Lipinski definition) is 2. The molecule has 0 aromatic carbocycles. The van der Waals surface area contributed by atoms with Gasteiger partial charge in [0.2, 0.25) is 0 Å². The third kappa shape index (κ3) is 8.50. The predicted octanol–water partition coefficient (Wildman–Crippen LogP) is 1.25. The lowest BCUT2D eigenvalue weighted by molar-refractivity contribution is -0.139. The van der Waals surface area contributed by atoms with Crippen molar-refractivity contribution in [2.24, 2.45) is 5.92 Å². The molecule has 6 nitrogen and oxygen atoms in total. The van der Waals surface area contributed by atoms with Gasteiger partial charge in [-0.05, 0) is 18.8 Å². The normalized spacial score (nSPS) is 12.2. The summed E-state index contributed by atoms with van der Waals surface area (Å²) in [5.41, 5.74) is 0. The molecule has 0 saturated heterocycles. The highest BCUT2D eigenvalue weighted by Gasteiger charge is 2.20. The first-order chi connectivity index (χ1) is 7.97. The van der Waals surface area contributed by atoms with E-state index in [1.54, 1.807) is 7.11 Å². The lowest BCUT2D eigenvalue weighted by Gasteiger charge is -2.15. The van der Waals surface area contributed by atoms with Gasteiger partial charge in [0, 0.05) is 13.7 Å². The monoisotopic (exact) mass is 247 g/mol. The predicted molar refractivity (Wildman–Crippen MR) is 61.9 cm³/mol. The van der Waals surface area contributed by atoms with Crippen LogP contribution in [0.2, 0.25) is 0 Å². The van der Waals surface area contributed by atoms with Gasteiger partial charge in [0.15, 0.2) is 0 Å². The SMILES string of the molecule is COCCCC(NC(=O)OCC(C)C)C(=O)O. The number of carbonyl (C=O) groups excluding carboxylic acids is 1. The number of carboxylic acids is 1. The van der Waals surface area contributed by atoms with Crippen LogP contribution in [0.5, 0.6) is 0 Å². The molecule has 100 valence electrons. The lowest BCUT2D eigenvalue weighted by Crippen LogP contribution is -2.41. The Balaban J connectivity index is 3.98. The van der Waals surface area contributed by atoms with Crippen LogP contribution in [-0.2, 0) is 14.3 Å². The molecule has 1 unspecified atom stereocenters. The molecule has 0 rings (SSSR count). The Morgan fingerprint density at radius 2 is 2.00 bits per heavy atom. The largest absolute Gasteiger partial charge is 0.480 e. The molecule has 0 heterocycles. The van der Waals surface area contributed by atoms with E-state index < -0.39 is 18.1 Å². The molecule has 0 radical (unpaired) electrons. The van der Waals surface area contributed by atoms with Crippen LogP contribution in [0.1, 0.15) is 26.7 Å². The Labute approximate surface area is 101 Å². The third-order valence-corrected chi connectivity index (χ3v) is 1.98. The smallest absolute Gasteiger partial charge is 0.407 e. The van der Waals surface area contributed by atoms with Gasteiger partial charge in [-0.2, -0.15) is 0 Å². The van der Waals surface area contributed by atoms with E-state index in [1.807, 2.05) is 13.8 Å². The number of carbonyl (C=O) groups is 2. The lowest BCUT2D eigenvalue weighted by atomic mass is 10.1. The fourth-order valence-corrected chi connectivity index (χ4v) is 1.12. The fourth-order valence-electron chi connectivity index (χ4n) is 1.12. The van der Waals surface area contributed by atoms with Crippen LogP contribution in [0, 0.1) is 5.92 Å². The summed E-state index contributed by atoms with van der Waals surface area (Å²) in [6, 6.07) is -0.926. The van der Waals surface area contributed by atoms with Gasteiger partial charge in [0.25, 0.3) is 0 Å². The average Bonchev–Trinajstić information content (AvgIpc) is 2.25. The number of ether oxygens (including phenoxy) is 2. The molecule has 6 heteroatoms. The molecular formula is C11H21NO5. The van der Waals surface area contributed by atoms with E-state index in [4.69, 9.17) is 14.6 Å². The molecule has 1 atom stereocenters. The van der Waals surface area contributed by atoms with Crippen LogP contribution in [0.4, 0.5) is 4.79 Å². The summed E-state index contributed by atoms with van der Waals surface area (Å²) in [4.78, 5) is 22.1. The van der Waals surface area contributed by atoms with Crippen molar-refractivity contribution >= 4 is 12.1 Å². The zero-order chi connectivity index (χ0) is 13.3. The maximum Gasteiger partial charge on any atom is 0.407 e. The number of aliphatic carboxylic acids is 1. The van der Waals surface area contributed by atoms with Gasteiger partial charge in [0.1, 0.15) is 6.04 Å². The van der Waals surface area contributed by atoms with Crippen LogP contribution in [0.25, 0.3) is 0 Å². The van der Waals surface area contributed by atoms with Gasteiger partial charge in [0.05, 0.1) is 6.61 Å². The standard InChI is InChI=1S/C11H21NO5/c1-8(2)7-17-11(15)12-9(10(13)14)5-4-6-16-3/h8-9H,4-7H2,1-3H3,(H,12,15)(H,13,14). The number of rotatable bonds is 8. The summed E-state index contributed by atoms with van der Waals surface area (Å²) in [5, 5.41) is 11.2. The van der Waals surface area contributed by atoms with E-state index in [0.29, 0.717) is 19.4 Å². The summed E-state index contributed by atoms with van der Waals surface area (Å²) < 4.78 is 9.66. The summed E-state index contributed by atoms with van der Waals surface area (Å²) in [5.74, 6) is -0.847. The highest BCUT2D eigenvalue weighted by atomic mass is 16.5. The molecule has 0 aromatic rings. The Hall–Kier alpha value is -1.30. The first kappa shape index (κ1) is 15.7. The maximum atomic E-state index is 11.3. The molecule has 0 fully saturated rings. The summed E-state index contributed by atoms with van der Waals surface area (Å²) >= 11 is 0. The highest BCUT2D eigenvalue weighted by molar-refractivity contribution is 5.79. The quantitative estimate of drug-likeness (QED) is 0.630. The van der Waals surface area contributed by atoms with Gasteiger partial charge in [-0.3, -0.25) is 0 Å². The first-order valence-electron chi connectivity index (χ1n) is 5.62. The topological polar surface area (TPSA) is 84.9 Å². The van der Waals surface area contributed by atoms with Crippen molar-refractivity contribution < 1.29 is 24.2 Å². The summed E-state index contributed by atoms with van der Waals surface area (Å²) in [6.45, 7) is 4.55. The van der Waals surface area contributed by atoms with Crippen molar-refractivity contribution in [1.82, 2.24) is 5.32 Å². The first-order valence-corrected chi connectivity index (χ1v) is 5.62. The molecule has 0 spiro atoms. The maximum absolute atomic E-state index is 11.3. The average molecular weight is 247 g/mol. The van der Waals surface area contributed by atoms with Crippen LogP contribution in [0.3, 0.4) is 0 Å². The number of hydrogen-bond acceptors (Lipinski definition) is 4. The van der Waals surface area contributed by atoms with Crippen molar-refractivity contribution in [3.05, 3.63) is 0 Å². The van der Waals surface area contributed by atoms with Crippen molar-refractivity contribution in [3.63, 3.8) is 0 Å². The van der Waals surface area contributed by atoms with Gasteiger partial charge in [-0.15, -0.1) is 0 Å². The Morgan fingerprint density at radius 1 is 1.35 bits per heavy atom. The van der Waals surface area contributed by atoms with Gasteiger partial charge >= 0.3 is 12.1 Å². The van der Waals surface area contributed by atoms with Crippen LogP contribution < -0.4 is 5.32 Å². The molecule has 0 bridgehead atoms. The van der Waals surface area contributed by atoms with E-state index in [0.717, 1.165) is 0 Å². The van der Waals surface area contributed by atoms with Crippen LogP contribution in [-0.4, -0.2) is 43.5 Å². The fraction of sp³-hybridized carbons (Fsp3) is 0.818. The highest BCUT2D eigenvalue weighted by Crippen LogP contribution is 2.00. The van der Waals surface area contributed by atoms with E-state index in [1.165, 1.54) is 0 Å². The van der Waals surface area contributed by atoms with Crippen molar-refractivity contribution in [2.75, 3.05) is 20.3 Å². The molecule has 1 amide bonds. The second kappa shape index (κ2) is 8.81. The molecular weight excluding hydrogens is 226 g/mol. The molecule has 0 aliphatic carbocycles. The zero-order valence-corrected chi connectivity index (χ0v) is 10.6. The van der Waals surface area contributed by atoms with Crippen LogP contribution in [0.15, 0.2) is 0 Å². The van der Waals surface area contributed by atoms with Crippen LogP contribution >= 0.6 is 0 Å². The van der Waals surface area contributed by atoms with Gasteiger partial charge < -0.3 is 19.9 Å². The van der Waals surface area contributed by atoms with Gasteiger partial charge in [-0.1, -0.05) is 13.8 Å². The molecule has 0 saturated carbocycles. The number of nitrogens with one attached hydrogen (secondary N) is 1. The second-order valence-electron chi connectivity index (χ2n) is 4.16. The minimum absolute atomic E-state index is 0.220. The number of amides is 1. The Kier molecular flexibility index (Phi) is 8.13. The molecule has 2 N–H and O–H groups in total.